The van der Waals surface area contributed by atoms with Gasteiger partial charge in [-0.1, -0.05) is 26.0 Å². The Bertz CT molecular complexity index is 955. The number of halogens is 4. The second-order valence-corrected chi connectivity index (χ2v) is 8.76. The van der Waals surface area contributed by atoms with Gasteiger partial charge in [-0.25, -0.2) is 9.07 Å². The van der Waals surface area contributed by atoms with Gasteiger partial charge in [0.2, 0.25) is 0 Å². The Morgan fingerprint density at radius 2 is 2.00 bits per heavy atom. The van der Waals surface area contributed by atoms with Crippen LogP contribution in [0.25, 0.3) is 0 Å². The molecule has 1 N–H and O–H groups in total. The van der Waals surface area contributed by atoms with Gasteiger partial charge in [-0.15, -0.1) is 0 Å². The maximum absolute atomic E-state index is 14.0. The number of aromatic nitrogens is 2. The number of hydrogen-bond acceptors (Lipinski definition) is 3. The molecule has 2 aliphatic heterocycles. The summed E-state index contributed by atoms with van der Waals surface area (Å²) in [7, 11) is 0. The number of nitrogens with zero attached hydrogens (tertiary/aromatic N) is 3. The van der Waals surface area contributed by atoms with Gasteiger partial charge in [0.05, 0.1) is 11.3 Å². The van der Waals surface area contributed by atoms with Gasteiger partial charge in [0.1, 0.15) is 11.6 Å². The third-order valence-electron chi connectivity index (χ3n) is 6.27. The average molecular weight is 438 g/mol. The number of carbonyl (C=O) groups excluding carboxylic acids is 1. The summed E-state index contributed by atoms with van der Waals surface area (Å²) in [6.45, 7) is 4.57. The van der Waals surface area contributed by atoms with Crippen molar-refractivity contribution >= 4 is 11.7 Å². The monoisotopic (exact) mass is 438 g/mol. The zero-order chi connectivity index (χ0) is 22.3. The van der Waals surface area contributed by atoms with Crippen LogP contribution in [0.1, 0.15) is 61.1 Å². The van der Waals surface area contributed by atoms with E-state index in [1.54, 1.807) is 17.0 Å². The molecule has 1 fully saturated rings. The fourth-order valence-corrected chi connectivity index (χ4v) is 4.47. The first kappa shape index (κ1) is 21.6. The molecule has 5 nitrogen and oxygen atoms in total. The Balaban J connectivity index is 1.58. The molecule has 3 heterocycles. The van der Waals surface area contributed by atoms with Crippen LogP contribution < -0.4 is 5.32 Å². The zero-order valence-corrected chi connectivity index (χ0v) is 17.5. The fraction of sp³-hybridized carbons (Fsp3) is 0.545. The van der Waals surface area contributed by atoms with Crippen LogP contribution in [-0.4, -0.2) is 45.9 Å². The molecule has 0 unspecified atom stereocenters. The molecule has 0 saturated carbocycles. The molecule has 0 bridgehead atoms. The Kier molecular flexibility index (Phi) is 5.70. The van der Waals surface area contributed by atoms with Crippen LogP contribution in [0.3, 0.4) is 0 Å². The number of hydrogen-bond donors (Lipinski definition) is 1. The molecule has 9 heteroatoms. The van der Waals surface area contributed by atoms with Gasteiger partial charge in [0, 0.05) is 31.1 Å². The van der Waals surface area contributed by atoms with Gasteiger partial charge in [-0.2, -0.15) is 18.3 Å². The topological polar surface area (TPSA) is 50.2 Å². The van der Waals surface area contributed by atoms with Crippen molar-refractivity contribution in [2.75, 3.05) is 18.4 Å². The average Bonchev–Trinajstić information content (AvgIpc) is 3.16. The van der Waals surface area contributed by atoms with E-state index < -0.39 is 23.9 Å². The Labute approximate surface area is 178 Å². The van der Waals surface area contributed by atoms with E-state index in [-0.39, 0.29) is 29.9 Å². The summed E-state index contributed by atoms with van der Waals surface area (Å²) in [5, 5.41) is 7.52. The number of fused-ring (bicyclic) bond motifs is 1. The first-order valence-corrected chi connectivity index (χ1v) is 10.6. The van der Waals surface area contributed by atoms with Crippen molar-refractivity contribution in [3.05, 3.63) is 47.4 Å². The SMILES string of the molecule is CC(C)[C@H]1C[C@H](C(F)(F)F)n2nc([C@@H]3CCCN(C(=O)c4ccccc4F)C3)cc2N1. The van der Waals surface area contributed by atoms with Crippen molar-refractivity contribution in [1.82, 2.24) is 14.7 Å². The first-order valence-electron chi connectivity index (χ1n) is 10.6. The van der Waals surface area contributed by atoms with Gasteiger partial charge in [-0.05, 0) is 37.3 Å². The zero-order valence-electron chi connectivity index (χ0n) is 17.5. The van der Waals surface area contributed by atoms with Gasteiger partial charge in [0.25, 0.3) is 5.91 Å². The van der Waals surface area contributed by atoms with E-state index in [2.05, 4.69) is 10.4 Å². The Morgan fingerprint density at radius 3 is 2.68 bits per heavy atom. The Hall–Kier alpha value is -2.58. The lowest BCUT2D eigenvalue weighted by atomic mass is 9.93. The third-order valence-corrected chi connectivity index (χ3v) is 6.27. The highest BCUT2D eigenvalue weighted by Crippen LogP contribution is 2.42. The van der Waals surface area contributed by atoms with Crippen LogP contribution in [0, 0.1) is 11.7 Å². The number of alkyl halides is 3. The minimum atomic E-state index is -4.40. The molecule has 0 radical (unpaired) electrons. The number of likely N-dealkylation sites (tertiary alicyclic amines) is 1. The maximum atomic E-state index is 14.0. The minimum Gasteiger partial charge on any atom is -0.367 e. The smallest absolute Gasteiger partial charge is 0.367 e. The van der Waals surface area contributed by atoms with E-state index in [1.165, 1.54) is 18.2 Å². The van der Waals surface area contributed by atoms with Crippen LogP contribution in [0.15, 0.2) is 30.3 Å². The molecular formula is C22H26F4N4O. The highest BCUT2D eigenvalue weighted by Gasteiger charge is 2.47. The molecule has 1 amide bonds. The minimum absolute atomic E-state index is 0.00543. The van der Waals surface area contributed by atoms with E-state index in [9.17, 15) is 22.4 Å². The number of rotatable bonds is 3. The number of nitrogens with one attached hydrogen (secondary N) is 1. The van der Waals surface area contributed by atoms with Gasteiger partial charge in [-0.3, -0.25) is 4.79 Å². The number of carbonyl (C=O) groups is 1. The van der Waals surface area contributed by atoms with Gasteiger partial charge in [0.15, 0.2) is 6.04 Å². The lowest BCUT2D eigenvalue weighted by Gasteiger charge is -2.35. The highest BCUT2D eigenvalue weighted by molar-refractivity contribution is 5.94. The quantitative estimate of drug-likeness (QED) is 0.688. The van der Waals surface area contributed by atoms with E-state index in [0.717, 1.165) is 4.68 Å². The molecule has 2 aliphatic rings. The van der Waals surface area contributed by atoms with Crippen molar-refractivity contribution in [3.63, 3.8) is 0 Å². The molecule has 3 atom stereocenters. The molecule has 4 rings (SSSR count). The predicted molar refractivity (Wildman–Crippen MR) is 108 cm³/mol. The lowest BCUT2D eigenvalue weighted by Crippen LogP contribution is -2.41. The van der Waals surface area contributed by atoms with E-state index in [1.807, 2.05) is 13.8 Å². The number of anilines is 1. The van der Waals surface area contributed by atoms with Crippen LogP contribution in [0.5, 0.6) is 0 Å². The van der Waals surface area contributed by atoms with Crippen molar-refractivity contribution in [3.8, 4) is 0 Å². The summed E-state index contributed by atoms with van der Waals surface area (Å²) in [6, 6.07) is 5.52. The molecule has 168 valence electrons. The predicted octanol–water partition coefficient (Wildman–Crippen LogP) is 4.99. The van der Waals surface area contributed by atoms with Crippen molar-refractivity contribution in [1.29, 1.82) is 0 Å². The molecule has 0 aliphatic carbocycles. The summed E-state index contributed by atoms with van der Waals surface area (Å²) >= 11 is 0. The number of amides is 1. The number of piperidine rings is 1. The second kappa shape index (κ2) is 8.16. The summed E-state index contributed by atoms with van der Waals surface area (Å²) in [4.78, 5) is 14.4. The first-order chi connectivity index (χ1) is 14.6. The molecule has 2 aromatic rings. The highest BCUT2D eigenvalue weighted by atomic mass is 19.4. The standard InChI is InChI=1S/C22H26F4N4O/c1-13(2)17-10-19(22(24,25)26)30-20(27-17)11-18(28-30)14-6-5-9-29(12-14)21(31)15-7-3-4-8-16(15)23/h3-4,7-8,11,13-14,17,19,27H,5-6,9-10,12H2,1-2H3/t14-,17-,19-/m1/s1. The summed E-state index contributed by atoms with van der Waals surface area (Å²) in [6.07, 6.45) is -3.08. The van der Waals surface area contributed by atoms with Gasteiger partial charge < -0.3 is 10.2 Å². The summed E-state index contributed by atoms with van der Waals surface area (Å²) in [5.41, 5.74) is 0.540. The Morgan fingerprint density at radius 1 is 1.26 bits per heavy atom. The van der Waals surface area contributed by atoms with E-state index >= 15 is 0 Å². The van der Waals surface area contributed by atoms with Gasteiger partial charge >= 0.3 is 6.18 Å². The van der Waals surface area contributed by atoms with E-state index in [4.69, 9.17) is 0 Å². The molecular weight excluding hydrogens is 412 g/mol. The fourth-order valence-electron chi connectivity index (χ4n) is 4.47. The molecule has 31 heavy (non-hydrogen) atoms. The molecule has 1 aromatic heterocycles. The van der Waals surface area contributed by atoms with E-state index in [0.29, 0.717) is 37.4 Å². The van der Waals surface area contributed by atoms with Crippen molar-refractivity contribution in [2.24, 2.45) is 5.92 Å². The summed E-state index contributed by atoms with van der Waals surface area (Å²) < 4.78 is 56.3. The maximum Gasteiger partial charge on any atom is 0.410 e. The van der Waals surface area contributed by atoms with Crippen LogP contribution in [-0.2, 0) is 0 Å². The van der Waals surface area contributed by atoms with Crippen LogP contribution in [0.2, 0.25) is 0 Å². The van der Waals surface area contributed by atoms with Crippen molar-refractivity contribution < 1.29 is 22.4 Å². The van der Waals surface area contributed by atoms with Crippen molar-refractivity contribution in [2.45, 2.75) is 57.3 Å². The summed E-state index contributed by atoms with van der Waals surface area (Å²) in [5.74, 6) is -0.780. The molecule has 1 aromatic carbocycles. The molecule has 1 saturated heterocycles. The van der Waals surface area contributed by atoms with Crippen LogP contribution in [0.4, 0.5) is 23.4 Å². The normalized spacial score (nSPS) is 24.1. The van der Waals surface area contributed by atoms with Crippen LogP contribution >= 0.6 is 0 Å². The third kappa shape index (κ3) is 4.27. The number of benzene rings is 1. The largest absolute Gasteiger partial charge is 0.410 e. The molecule has 0 spiro atoms. The second-order valence-electron chi connectivity index (χ2n) is 8.76. The lowest BCUT2D eigenvalue weighted by molar-refractivity contribution is -0.174.